The molecule has 0 amide bonds. The van der Waals surface area contributed by atoms with Crippen LogP contribution in [-0.4, -0.2) is 16.5 Å². The standard InChI is InChI=1S/C10H16FN3/c1-7(2)8(5-12)10(11)9-6-13-3-4-14-9/h3-4,6-8,10H,5,12H2,1-2H3. The van der Waals surface area contributed by atoms with Gasteiger partial charge < -0.3 is 5.73 Å². The number of rotatable bonds is 4. The summed E-state index contributed by atoms with van der Waals surface area (Å²) in [4.78, 5) is 7.78. The van der Waals surface area contributed by atoms with E-state index < -0.39 is 6.17 Å². The van der Waals surface area contributed by atoms with Crippen LogP contribution in [0.3, 0.4) is 0 Å². The quantitative estimate of drug-likeness (QED) is 0.799. The molecular weight excluding hydrogens is 181 g/mol. The third-order valence-electron chi connectivity index (χ3n) is 2.37. The van der Waals surface area contributed by atoms with Gasteiger partial charge in [0.05, 0.1) is 11.9 Å². The van der Waals surface area contributed by atoms with E-state index in [1.807, 2.05) is 13.8 Å². The Balaban J connectivity index is 2.78. The highest BCUT2D eigenvalue weighted by Crippen LogP contribution is 2.28. The molecule has 1 rings (SSSR count). The summed E-state index contributed by atoms with van der Waals surface area (Å²) in [5, 5.41) is 0. The van der Waals surface area contributed by atoms with Crippen LogP contribution in [0.25, 0.3) is 0 Å². The zero-order valence-corrected chi connectivity index (χ0v) is 8.52. The Morgan fingerprint density at radius 3 is 2.57 bits per heavy atom. The van der Waals surface area contributed by atoms with Crippen LogP contribution in [-0.2, 0) is 0 Å². The number of alkyl halides is 1. The van der Waals surface area contributed by atoms with E-state index in [9.17, 15) is 4.39 Å². The summed E-state index contributed by atoms with van der Waals surface area (Å²) in [6.07, 6.45) is 3.36. The van der Waals surface area contributed by atoms with Crippen molar-refractivity contribution in [1.82, 2.24) is 9.97 Å². The van der Waals surface area contributed by atoms with E-state index in [1.165, 1.54) is 18.6 Å². The van der Waals surface area contributed by atoms with E-state index in [-0.39, 0.29) is 11.8 Å². The Kier molecular flexibility index (Phi) is 3.95. The molecule has 2 atom stereocenters. The van der Waals surface area contributed by atoms with Gasteiger partial charge in [0.2, 0.25) is 0 Å². The van der Waals surface area contributed by atoms with Gasteiger partial charge in [-0.3, -0.25) is 9.97 Å². The van der Waals surface area contributed by atoms with Crippen molar-refractivity contribution < 1.29 is 4.39 Å². The van der Waals surface area contributed by atoms with E-state index in [1.54, 1.807) is 0 Å². The first-order chi connectivity index (χ1) is 6.66. The molecule has 0 saturated carbocycles. The zero-order valence-electron chi connectivity index (χ0n) is 8.52. The van der Waals surface area contributed by atoms with Crippen molar-refractivity contribution in [2.24, 2.45) is 17.6 Å². The summed E-state index contributed by atoms with van der Waals surface area (Å²) in [5.41, 5.74) is 5.90. The van der Waals surface area contributed by atoms with Crippen LogP contribution in [0.5, 0.6) is 0 Å². The molecule has 0 aliphatic rings. The van der Waals surface area contributed by atoms with Gasteiger partial charge in [0, 0.05) is 18.3 Å². The molecule has 78 valence electrons. The van der Waals surface area contributed by atoms with Crippen LogP contribution >= 0.6 is 0 Å². The molecule has 2 N–H and O–H groups in total. The van der Waals surface area contributed by atoms with Crippen molar-refractivity contribution in [2.75, 3.05) is 6.54 Å². The number of aromatic nitrogens is 2. The number of hydrogen-bond donors (Lipinski definition) is 1. The van der Waals surface area contributed by atoms with Crippen LogP contribution in [0, 0.1) is 11.8 Å². The second-order valence-corrected chi connectivity index (χ2v) is 3.68. The second-order valence-electron chi connectivity index (χ2n) is 3.68. The molecule has 0 aliphatic carbocycles. The predicted octanol–water partition coefficient (Wildman–Crippen LogP) is 1.72. The molecule has 1 heterocycles. The van der Waals surface area contributed by atoms with Gasteiger partial charge in [0.15, 0.2) is 0 Å². The highest BCUT2D eigenvalue weighted by atomic mass is 19.1. The summed E-state index contributed by atoms with van der Waals surface area (Å²) >= 11 is 0. The predicted molar refractivity (Wildman–Crippen MR) is 53.3 cm³/mol. The Bertz CT molecular complexity index is 263. The maximum Gasteiger partial charge on any atom is 0.148 e. The lowest BCUT2D eigenvalue weighted by Gasteiger charge is -2.22. The minimum absolute atomic E-state index is 0.188. The summed E-state index contributed by atoms with van der Waals surface area (Å²) in [6.45, 7) is 4.25. The van der Waals surface area contributed by atoms with Gasteiger partial charge in [0.25, 0.3) is 0 Å². The fourth-order valence-electron chi connectivity index (χ4n) is 1.40. The number of halogens is 1. The van der Waals surface area contributed by atoms with Gasteiger partial charge in [-0.15, -0.1) is 0 Å². The van der Waals surface area contributed by atoms with Crippen LogP contribution in [0.2, 0.25) is 0 Å². The third-order valence-corrected chi connectivity index (χ3v) is 2.37. The first-order valence-corrected chi connectivity index (χ1v) is 4.76. The largest absolute Gasteiger partial charge is 0.330 e. The van der Waals surface area contributed by atoms with Crippen molar-refractivity contribution in [3.05, 3.63) is 24.3 Å². The van der Waals surface area contributed by atoms with Crippen molar-refractivity contribution in [2.45, 2.75) is 20.0 Å². The fraction of sp³-hybridized carbons (Fsp3) is 0.600. The third kappa shape index (κ3) is 2.48. The van der Waals surface area contributed by atoms with E-state index in [0.29, 0.717) is 12.2 Å². The van der Waals surface area contributed by atoms with Gasteiger partial charge in [-0.25, -0.2) is 4.39 Å². The van der Waals surface area contributed by atoms with Crippen molar-refractivity contribution in [3.8, 4) is 0 Å². The summed E-state index contributed by atoms with van der Waals surface area (Å²) in [5.74, 6) is 0.0173. The lowest BCUT2D eigenvalue weighted by atomic mass is 9.90. The first kappa shape index (κ1) is 11.0. The van der Waals surface area contributed by atoms with Crippen LogP contribution in [0.4, 0.5) is 4.39 Å². The number of nitrogens with zero attached hydrogens (tertiary/aromatic N) is 2. The topological polar surface area (TPSA) is 51.8 Å². The Morgan fingerprint density at radius 2 is 2.14 bits per heavy atom. The van der Waals surface area contributed by atoms with E-state index in [4.69, 9.17) is 5.73 Å². The molecule has 14 heavy (non-hydrogen) atoms. The maximum absolute atomic E-state index is 13.9. The molecule has 1 aromatic heterocycles. The Morgan fingerprint density at radius 1 is 1.43 bits per heavy atom. The van der Waals surface area contributed by atoms with Gasteiger partial charge in [-0.1, -0.05) is 13.8 Å². The van der Waals surface area contributed by atoms with Gasteiger partial charge in [0.1, 0.15) is 6.17 Å². The van der Waals surface area contributed by atoms with Gasteiger partial charge >= 0.3 is 0 Å². The first-order valence-electron chi connectivity index (χ1n) is 4.76. The molecule has 0 radical (unpaired) electrons. The average molecular weight is 197 g/mol. The van der Waals surface area contributed by atoms with Crippen LogP contribution in [0.1, 0.15) is 25.7 Å². The molecule has 2 unspecified atom stereocenters. The van der Waals surface area contributed by atoms with Crippen LogP contribution < -0.4 is 5.73 Å². The van der Waals surface area contributed by atoms with E-state index in [0.717, 1.165) is 0 Å². The maximum atomic E-state index is 13.9. The van der Waals surface area contributed by atoms with Crippen molar-refractivity contribution in [1.29, 1.82) is 0 Å². The van der Waals surface area contributed by atoms with Gasteiger partial charge in [-0.2, -0.15) is 0 Å². The lowest BCUT2D eigenvalue weighted by Crippen LogP contribution is -2.25. The summed E-state index contributed by atoms with van der Waals surface area (Å²) in [7, 11) is 0. The molecule has 0 bridgehead atoms. The summed E-state index contributed by atoms with van der Waals surface area (Å²) in [6, 6.07) is 0. The normalized spacial score (nSPS) is 15.5. The molecule has 1 aromatic rings. The molecule has 0 fully saturated rings. The zero-order chi connectivity index (χ0) is 10.6. The minimum Gasteiger partial charge on any atom is -0.330 e. The fourth-order valence-corrected chi connectivity index (χ4v) is 1.40. The second kappa shape index (κ2) is 5.00. The number of hydrogen-bond acceptors (Lipinski definition) is 3. The van der Waals surface area contributed by atoms with Crippen LogP contribution in [0.15, 0.2) is 18.6 Å². The highest BCUT2D eigenvalue weighted by Gasteiger charge is 2.25. The molecule has 0 spiro atoms. The molecule has 0 aromatic carbocycles. The van der Waals surface area contributed by atoms with Crippen molar-refractivity contribution in [3.63, 3.8) is 0 Å². The molecule has 3 nitrogen and oxygen atoms in total. The molecule has 0 aliphatic heterocycles. The molecular formula is C10H16FN3. The molecule has 4 heteroatoms. The Labute approximate surface area is 83.6 Å². The van der Waals surface area contributed by atoms with Crippen molar-refractivity contribution >= 4 is 0 Å². The SMILES string of the molecule is CC(C)C(CN)C(F)c1cnccn1. The Hall–Kier alpha value is -1.03. The monoisotopic (exact) mass is 197 g/mol. The van der Waals surface area contributed by atoms with E-state index in [2.05, 4.69) is 9.97 Å². The van der Waals surface area contributed by atoms with E-state index >= 15 is 0 Å². The molecule has 0 saturated heterocycles. The van der Waals surface area contributed by atoms with Gasteiger partial charge in [-0.05, 0) is 12.5 Å². The number of nitrogens with two attached hydrogens (primary N) is 1. The minimum atomic E-state index is -1.12. The lowest BCUT2D eigenvalue weighted by molar-refractivity contribution is 0.183. The highest BCUT2D eigenvalue weighted by molar-refractivity contribution is 5.01. The smallest absolute Gasteiger partial charge is 0.148 e. The average Bonchev–Trinajstić information content (AvgIpc) is 2.19. The summed E-state index contributed by atoms with van der Waals surface area (Å²) < 4.78 is 13.9.